The molecule has 2 amide bonds. The first-order valence-electron chi connectivity index (χ1n) is 6.97. The summed E-state index contributed by atoms with van der Waals surface area (Å²) < 4.78 is 5.39. The van der Waals surface area contributed by atoms with Crippen LogP contribution in [-0.2, 0) is 9.59 Å². The van der Waals surface area contributed by atoms with Crippen molar-refractivity contribution >= 4 is 17.5 Å². The third kappa shape index (κ3) is 6.16. The number of hydrogen-bond acceptors (Lipinski definition) is 4. The van der Waals surface area contributed by atoms with Crippen LogP contribution in [0.2, 0.25) is 0 Å². The zero-order valence-electron chi connectivity index (χ0n) is 12.8. The molecule has 0 saturated heterocycles. The maximum Gasteiger partial charge on any atom is 0.260 e. The first-order valence-corrected chi connectivity index (χ1v) is 6.97. The van der Waals surface area contributed by atoms with Crippen molar-refractivity contribution < 1.29 is 14.3 Å². The zero-order valence-corrected chi connectivity index (χ0v) is 12.8. The fourth-order valence-corrected chi connectivity index (χ4v) is 1.76. The number of nitrogens with one attached hydrogen (secondary N) is 1. The fourth-order valence-electron chi connectivity index (χ4n) is 1.76. The molecule has 0 heterocycles. The summed E-state index contributed by atoms with van der Waals surface area (Å²) in [7, 11) is 0. The van der Waals surface area contributed by atoms with Crippen molar-refractivity contribution in [2.24, 2.45) is 0 Å². The molecule has 0 aliphatic heterocycles. The van der Waals surface area contributed by atoms with Gasteiger partial charge < -0.3 is 20.7 Å². The molecular formula is C15H23N3O3. The Kier molecular flexibility index (Phi) is 6.52. The molecule has 0 aliphatic carbocycles. The molecule has 6 nitrogen and oxygen atoms in total. The molecule has 6 heteroatoms. The van der Waals surface area contributed by atoms with Crippen molar-refractivity contribution in [1.29, 1.82) is 0 Å². The van der Waals surface area contributed by atoms with Gasteiger partial charge in [-0.05, 0) is 32.9 Å². The van der Waals surface area contributed by atoms with Crippen molar-refractivity contribution in [2.75, 3.05) is 25.4 Å². The number of carbonyl (C=O) groups is 2. The summed E-state index contributed by atoms with van der Waals surface area (Å²) in [5.74, 6) is 0.119. The maximum absolute atomic E-state index is 12.0. The molecular weight excluding hydrogens is 270 g/mol. The molecule has 0 radical (unpaired) electrons. The number of nitrogens with two attached hydrogens (primary N) is 1. The van der Waals surface area contributed by atoms with E-state index in [1.165, 1.54) is 4.90 Å². The Morgan fingerprint density at radius 1 is 1.38 bits per heavy atom. The van der Waals surface area contributed by atoms with Crippen molar-refractivity contribution in [3.63, 3.8) is 0 Å². The van der Waals surface area contributed by atoms with E-state index in [2.05, 4.69) is 5.32 Å². The molecule has 0 unspecified atom stereocenters. The molecule has 0 fully saturated rings. The van der Waals surface area contributed by atoms with Crippen molar-refractivity contribution in [3.05, 3.63) is 24.3 Å². The van der Waals surface area contributed by atoms with Crippen LogP contribution in [0.1, 0.15) is 20.8 Å². The van der Waals surface area contributed by atoms with Crippen LogP contribution >= 0.6 is 0 Å². The van der Waals surface area contributed by atoms with E-state index in [0.29, 0.717) is 18.0 Å². The molecule has 0 saturated carbocycles. The summed E-state index contributed by atoms with van der Waals surface area (Å²) in [6.45, 7) is 5.93. The van der Waals surface area contributed by atoms with E-state index in [4.69, 9.17) is 10.5 Å². The van der Waals surface area contributed by atoms with E-state index >= 15 is 0 Å². The minimum absolute atomic E-state index is 0.0355. The van der Waals surface area contributed by atoms with Crippen LogP contribution < -0.4 is 15.8 Å². The van der Waals surface area contributed by atoms with Crippen molar-refractivity contribution in [3.8, 4) is 5.75 Å². The lowest BCUT2D eigenvalue weighted by atomic mass is 10.3. The predicted octanol–water partition coefficient (Wildman–Crippen LogP) is 1.02. The highest BCUT2D eigenvalue weighted by molar-refractivity contribution is 5.85. The van der Waals surface area contributed by atoms with Crippen LogP contribution in [-0.4, -0.2) is 42.5 Å². The second-order valence-corrected chi connectivity index (χ2v) is 4.99. The number of nitrogens with zero attached hydrogens (tertiary/aromatic N) is 1. The third-order valence-corrected chi connectivity index (χ3v) is 2.74. The molecule has 1 aromatic carbocycles. The lowest BCUT2D eigenvalue weighted by Gasteiger charge is -2.21. The second kappa shape index (κ2) is 8.14. The monoisotopic (exact) mass is 293 g/mol. The summed E-state index contributed by atoms with van der Waals surface area (Å²) in [5.41, 5.74) is 6.21. The predicted molar refractivity (Wildman–Crippen MR) is 81.9 cm³/mol. The minimum Gasteiger partial charge on any atom is -0.484 e. The van der Waals surface area contributed by atoms with Gasteiger partial charge in [0.15, 0.2) is 6.61 Å². The molecule has 116 valence electrons. The van der Waals surface area contributed by atoms with E-state index in [9.17, 15) is 9.59 Å². The van der Waals surface area contributed by atoms with Gasteiger partial charge in [0.2, 0.25) is 5.91 Å². The molecule has 1 aromatic rings. The normalized spacial score (nSPS) is 10.3. The van der Waals surface area contributed by atoms with Crippen molar-refractivity contribution in [2.45, 2.75) is 26.8 Å². The number of anilines is 1. The van der Waals surface area contributed by atoms with Crippen LogP contribution in [0.15, 0.2) is 24.3 Å². The Balaban J connectivity index is 2.49. The average molecular weight is 293 g/mol. The van der Waals surface area contributed by atoms with Gasteiger partial charge in [0.25, 0.3) is 5.91 Å². The highest BCUT2D eigenvalue weighted by Gasteiger charge is 2.16. The van der Waals surface area contributed by atoms with Crippen LogP contribution in [0, 0.1) is 0 Å². The topological polar surface area (TPSA) is 84.7 Å². The van der Waals surface area contributed by atoms with Gasteiger partial charge in [-0.15, -0.1) is 0 Å². The second-order valence-electron chi connectivity index (χ2n) is 4.99. The molecule has 0 aliphatic rings. The number of rotatable bonds is 7. The fraction of sp³-hybridized carbons (Fsp3) is 0.467. The first-order chi connectivity index (χ1) is 9.92. The molecule has 0 bridgehead atoms. The Bertz CT molecular complexity index is 489. The van der Waals surface area contributed by atoms with Gasteiger partial charge in [-0.25, -0.2) is 0 Å². The summed E-state index contributed by atoms with van der Waals surface area (Å²) in [5, 5.41) is 2.75. The smallest absolute Gasteiger partial charge is 0.260 e. The molecule has 21 heavy (non-hydrogen) atoms. The van der Waals surface area contributed by atoms with E-state index in [1.807, 2.05) is 20.8 Å². The SMILES string of the molecule is CCN(CC(=O)NC(C)C)C(=O)COc1cccc(N)c1. The van der Waals surface area contributed by atoms with Gasteiger partial charge in [-0.3, -0.25) is 9.59 Å². The standard InChI is InChI=1S/C15H23N3O3/c1-4-18(9-14(19)17-11(2)3)15(20)10-21-13-7-5-6-12(16)8-13/h5-8,11H,4,9-10,16H2,1-3H3,(H,17,19). The molecule has 3 N–H and O–H groups in total. The number of carbonyl (C=O) groups excluding carboxylic acids is 2. The quantitative estimate of drug-likeness (QED) is 0.735. The van der Waals surface area contributed by atoms with Gasteiger partial charge in [0.1, 0.15) is 5.75 Å². The number of nitrogen functional groups attached to an aromatic ring is 1. The Morgan fingerprint density at radius 2 is 2.10 bits per heavy atom. The van der Waals surface area contributed by atoms with Crippen LogP contribution in [0.3, 0.4) is 0 Å². The number of amides is 2. The van der Waals surface area contributed by atoms with Crippen molar-refractivity contribution in [1.82, 2.24) is 10.2 Å². The van der Waals surface area contributed by atoms with Gasteiger partial charge in [0.05, 0.1) is 6.54 Å². The molecule has 1 rings (SSSR count). The Morgan fingerprint density at radius 3 is 2.67 bits per heavy atom. The number of hydrogen-bond donors (Lipinski definition) is 2. The number of ether oxygens (including phenoxy) is 1. The van der Waals surface area contributed by atoms with Crippen LogP contribution in [0.4, 0.5) is 5.69 Å². The minimum atomic E-state index is -0.237. The summed E-state index contributed by atoms with van der Waals surface area (Å²) in [4.78, 5) is 25.2. The molecule has 0 spiro atoms. The van der Waals surface area contributed by atoms with E-state index < -0.39 is 0 Å². The zero-order chi connectivity index (χ0) is 15.8. The first kappa shape index (κ1) is 16.8. The Labute approximate surface area is 125 Å². The van der Waals surface area contributed by atoms with Crippen LogP contribution in [0.25, 0.3) is 0 Å². The van der Waals surface area contributed by atoms with E-state index in [-0.39, 0.29) is 31.0 Å². The number of likely N-dealkylation sites (N-methyl/N-ethyl adjacent to an activating group) is 1. The Hall–Kier alpha value is -2.24. The third-order valence-electron chi connectivity index (χ3n) is 2.74. The largest absolute Gasteiger partial charge is 0.484 e. The van der Waals surface area contributed by atoms with Gasteiger partial charge in [0, 0.05) is 24.3 Å². The average Bonchev–Trinajstić information content (AvgIpc) is 2.41. The molecule has 0 aromatic heterocycles. The van der Waals surface area contributed by atoms with Gasteiger partial charge in [-0.2, -0.15) is 0 Å². The summed E-state index contributed by atoms with van der Waals surface area (Å²) >= 11 is 0. The van der Waals surface area contributed by atoms with E-state index in [1.54, 1.807) is 24.3 Å². The highest BCUT2D eigenvalue weighted by atomic mass is 16.5. The van der Waals surface area contributed by atoms with E-state index in [0.717, 1.165) is 0 Å². The lowest BCUT2D eigenvalue weighted by molar-refractivity contribution is -0.137. The molecule has 0 atom stereocenters. The highest BCUT2D eigenvalue weighted by Crippen LogP contribution is 2.14. The van der Waals surface area contributed by atoms with Crippen LogP contribution in [0.5, 0.6) is 5.75 Å². The maximum atomic E-state index is 12.0. The summed E-state index contributed by atoms with van der Waals surface area (Å²) in [6, 6.07) is 6.92. The lowest BCUT2D eigenvalue weighted by Crippen LogP contribution is -2.44. The summed E-state index contributed by atoms with van der Waals surface area (Å²) in [6.07, 6.45) is 0. The van der Waals surface area contributed by atoms with Gasteiger partial charge >= 0.3 is 0 Å². The van der Waals surface area contributed by atoms with Gasteiger partial charge in [-0.1, -0.05) is 6.07 Å². The number of benzene rings is 1.